The maximum absolute atomic E-state index is 5.53. The zero-order valence-corrected chi connectivity index (χ0v) is 16.7. The summed E-state index contributed by atoms with van der Waals surface area (Å²) in [5.41, 5.74) is 1.09. The predicted octanol–water partition coefficient (Wildman–Crippen LogP) is 3.20. The van der Waals surface area contributed by atoms with Crippen molar-refractivity contribution < 1.29 is 4.74 Å². The highest BCUT2D eigenvalue weighted by Crippen LogP contribution is 2.09. The molecule has 0 bridgehead atoms. The average Bonchev–Trinajstić information content (AvgIpc) is 2.44. The molecule has 126 valence electrons. The van der Waals surface area contributed by atoms with Crippen LogP contribution < -0.4 is 15.4 Å². The topological polar surface area (TPSA) is 58.5 Å². The third-order valence-electron chi connectivity index (χ3n) is 3.20. The Morgan fingerprint density at radius 3 is 2.36 bits per heavy atom. The first-order chi connectivity index (χ1) is 9.92. The van der Waals surface area contributed by atoms with Crippen molar-refractivity contribution in [3.8, 4) is 5.88 Å². The summed E-state index contributed by atoms with van der Waals surface area (Å²) in [6, 6.07) is 4.28. The second kappa shape index (κ2) is 10.6. The van der Waals surface area contributed by atoms with Gasteiger partial charge in [-0.3, -0.25) is 4.99 Å². The molecule has 0 fully saturated rings. The fraction of sp³-hybridized carbons (Fsp3) is 0.625. The molecule has 0 spiro atoms. The summed E-state index contributed by atoms with van der Waals surface area (Å²) in [4.78, 5) is 8.52. The van der Waals surface area contributed by atoms with Crippen LogP contribution in [0.15, 0.2) is 23.3 Å². The second-order valence-corrected chi connectivity index (χ2v) is 5.77. The SMILES string of the molecule is CN=C(NCc1ccc(OC(C)C)nc1)NC(C)C(C)C.I. The van der Waals surface area contributed by atoms with Crippen LogP contribution in [0.3, 0.4) is 0 Å². The number of guanidine groups is 1. The minimum absolute atomic E-state index is 0. The van der Waals surface area contributed by atoms with Crippen LogP contribution in [0.25, 0.3) is 0 Å². The van der Waals surface area contributed by atoms with Crippen LogP contribution in [0.4, 0.5) is 0 Å². The highest BCUT2D eigenvalue weighted by Gasteiger charge is 2.08. The first-order valence-electron chi connectivity index (χ1n) is 7.51. The van der Waals surface area contributed by atoms with Crippen molar-refractivity contribution in [1.29, 1.82) is 0 Å². The van der Waals surface area contributed by atoms with E-state index in [1.165, 1.54) is 0 Å². The van der Waals surface area contributed by atoms with Crippen molar-refractivity contribution in [2.45, 2.75) is 53.3 Å². The molecule has 1 heterocycles. The molecule has 1 unspecified atom stereocenters. The molecule has 0 aliphatic carbocycles. The number of nitrogens with zero attached hydrogens (tertiary/aromatic N) is 2. The second-order valence-electron chi connectivity index (χ2n) is 5.77. The van der Waals surface area contributed by atoms with Gasteiger partial charge in [0.05, 0.1) is 6.10 Å². The molecule has 5 nitrogen and oxygen atoms in total. The Hall–Kier alpha value is -1.05. The molecule has 22 heavy (non-hydrogen) atoms. The Kier molecular flexibility index (Phi) is 10.1. The molecular formula is C16H29IN4O. The standard InChI is InChI=1S/C16H28N4O.HI/c1-11(2)13(5)20-16(17-6)19-10-14-7-8-15(18-9-14)21-12(3)4;/h7-9,11-13H,10H2,1-6H3,(H2,17,19,20);1H. The quantitative estimate of drug-likeness (QED) is 0.422. The summed E-state index contributed by atoms with van der Waals surface area (Å²) >= 11 is 0. The van der Waals surface area contributed by atoms with Crippen molar-refractivity contribution >= 4 is 29.9 Å². The van der Waals surface area contributed by atoms with Crippen LogP contribution in [0.5, 0.6) is 5.88 Å². The summed E-state index contributed by atoms with van der Waals surface area (Å²) in [7, 11) is 1.78. The van der Waals surface area contributed by atoms with Gasteiger partial charge in [-0.15, -0.1) is 24.0 Å². The number of hydrogen-bond donors (Lipinski definition) is 2. The Morgan fingerprint density at radius 2 is 1.91 bits per heavy atom. The zero-order chi connectivity index (χ0) is 15.8. The summed E-state index contributed by atoms with van der Waals surface area (Å²) in [6.07, 6.45) is 1.96. The maximum atomic E-state index is 5.53. The Bertz CT molecular complexity index is 446. The van der Waals surface area contributed by atoms with Crippen molar-refractivity contribution in [2.75, 3.05) is 7.05 Å². The number of hydrogen-bond acceptors (Lipinski definition) is 3. The molecular weight excluding hydrogens is 391 g/mol. The Morgan fingerprint density at radius 1 is 1.23 bits per heavy atom. The molecule has 0 aliphatic rings. The zero-order valence-electron chi connectivity index (χ0n) is 14.4. The van der Waals surface area contributed by atoms with E-state index >= 15 is 0 Å². The minimum atomic E-state index is 0. The molecule has 2 N–H and O–H groups in total. The molecule has 0 aliphatic heterocycles. The highest BCUT2D eigenvalue weighted by molar-refractivity contribution is 14.0. The van der Waals surface area contributed by atoms with E-state index in [9.17, 15) is 0 Å². The van der Waals surface area contributed by atoms with E-state index < -0.39 is 0 Å². The van der Waals surface area contributed by atoms with Gasteiger partial charge in [0, 0.05) is 31.9 Å². The third-order valence-corrected chi connectivity index (χ3v) is 3.20. The highest BCUT2D eigenvalue weighted by atomic mass is 127. The number of nitrogens with one attached hydrogen (secondary N) is 2. The van der Waals surface area contributed by atoms with Gasteiger partial charge in [0.2, 0.25) is 5.88 Å². The van der Waals surface area contributed by atoms with Gasteiger partial charge in [-0.05, 0) is 32.3 Å². The monoisotopic (exact) mass is 420 g/mol. The van der Waals surface area contributed by atoms with Crippen LogP contribution in [-0.4, -0.2) is 30.1 Å². The maximum Gasteiger partial charge on any atom is 0.213 e. The fourth-order valence-corrected chi connectivity index (χ4v) is 1.59. The molecule has 0 saturated heterocycles. The molecule has 1 atom stereocenters. The van der Waals surface area contributed by atoms with Crippen LogP contribution in [0.2, 0.25) is 0 Å². The summed E-state index contributed by atoms with van der Waals surface area (Å²) in [6.45, 7) is 11.2. The van der Waals surface area contributed by atoms with Gasteiger partial charge >= 0.3 is 0 Å². The van der Waals surface area contributed by atoms with E-state index in [4.69, 9.17) is 4.74 Å². The van der Waals surface area contributed by atoms with Crippen molar-refractivity contribution in [3.05, 3.63) is 23.9 Å². The molecule has 0 radical (unpaired) electrons. The van der Waals surface area contributed by atoms with Crippen LogP contribution >= 0.6 is 24.0 Å². The predicted molar refractivity (Wildman–Crippen MR) is 103 cm³/mol. The molecule has 0 saturated carbocycles. The summed E-state index contributed by atoms with van der Waals surface area (Å²) in [5, 5.41) is 6.66. The molecule has 6 heteroatoms. The number of ether oxygens (including phenoxy) is 1. The van der Waals surface area contributed by atoms with Gasteiger partial charge in [-0.1, -0.05) is 19.9 Å². The van der Waals surface area contributed by atoms with Gasteiger partial charge in [-0.2, -0.15) is 0 Å². The van der Waals surface area contributed by atoms with Gasteiger partial charge in [0.25, 0.3) is 0 Å². The molecule has 0 amide bonds. The Balaban J connectivity index is 0.00000441. The van der Waals surface area contributed by atoms with Gasteiger partial charge in [0.1, 0.15) is 0 Å². The molecule has 1 aromatic heterocycles. The van der Waals surface area contributed by atoms with E-state index in [-0.39, 0.29) is 30.1 Å². The molecule has 0 aromatic carbocycles. The van der Waals surface area contributed by atoms with Gasteiger partial charge in [-0.25, -0.2) is 4.98 Å². The van der Waals surface area contributed by atoms with Crippen LogP contribution in [0.1, 0.15) is 40.2 Å². The van der Waals surface area contributed by atoms with E-state index in [2.05, 4.69) is 41.4 Å². The first-order valence-corrected chi connectivity index (χ1v) is 7.51. The number of aromatic nitrogens is 1. The summed E-state index contributed by atoms with van der Waals surface area (Å²) in [5.74, 6) is 2.01. The lowest BCUT2D eigenvalue weighted by Crippen LogP contribution is -2.43. The van der Waals surface area contributed by atoms with E-state index in [1.54, 1.807) is 7.05 Å². The largest absolute Gasteiger partial charge is 0.475 e. The van der Waals surface area contributed by atoms with Crippen LogP contribution in [-0.2, 0) is 6.54 Å². The lowest BCUT2D eigenvalue weighted by molar-refractivity contribution is 0.232. The van der Waals surface area contributed by atoms with E-state index in [0.29, 0.717) is 24.4 Å². The average molecular weight is 420 g/mol. The lowest BCUT2D eigenvalue weighted by Gasteiger charge is -2.20. The fourth-order valence-electron chi connectivity index (χ4n) is 1.59. The van der Waals surface area contributed by atoms with Crippen molar-refractivity contribution in [2.24, 2.45) is 10.9 Å². The number of pyridine rings is 1. The number of aliphatic imine (C=N–C) groups is 1. The van der Waals surface area contributed by atoms with Crippen LogP contribution in [0, 0.1) is 5.92 Å². The number of rotatable bonds is 6. The lowest BCUT2D eigenvalue weighted by atomic mass is 10.1. The summed E-state index contributed by atoms with van der Waals surface area (Å²) < 4.78 is 5.53. The van der Waals surface area contributed by atoms with Crippen molar-refractivity contribution in [3.63, 3.8) is 0 Å². The smallest absolute Gasteiger partial charge is 0.213 e. The van der Waals surface area contributed by atoms with E-state index in [0.717, 1.165) is 11.5 Å². The molecule has 1 rings (SSSR count). The minimum Gasteiger partial charge on any atom is -0.475 e. The Labute approximate surface area is 151 Å². The first kappa shape index (κ1) is 20.9. The normalized spacial score (nSPS) is 12.8. The number of halogens is 1. The molecule has 1 aromatic rings. The van der Waals surface area contributed by atoms with Gasteiger partial charge < -0.3 is 15.4 Å². The van der Waals surface area contributed by atoms with E-state index in [1.807, 2.05) is 32.2 Å². The third kappa shape index (κ3) is 7.82. The van der Waals surface area contributed by atoms with Crippen molar-refractivity contribution in [1.82, 2.24) is 15.6 Å². The van der Waals surface area contributed by atoms with Gasteiger partial charge in [0.15, 0.2) is 5.96 Å².